The van der Waals surface area contributed by atoms with Crippen molar-refractivity contribution in [1.29, 1.82) is 0 Å². The van der Waals surface area contributed by atoms with Gasteiger partial charge in [-0.15, -0.1) is 0 Å². The summed E-state index contributed by atoms with van der Waals surface area (Å²) in [4.78, 5) is 56.6. The Morgan fingerprint density at radius 1 is 0.967 bits per heavy atom. The van der Waals surface area contributed by atoms with Gasteiger partial charge in [0.05, 0.1) is 43.5 Å². The number of carboxylic acids is 1. The quantitative estimate of drug-likeness (QED) is 0.0952. The van der Waals surface area contributed by atoms with E-state index in [0.717, 1.165) is 27.6 Å². The molecule has 61 heavy (non-hydrogen) atoms. The van der Waals surface area contributed by atoms with Gasteiger partial charge in [-0.3, -0.25) is 9.59 Å². The second-order valence-electron chi connectivity index (χ2n) is 16.2. The van der Waals surface area contributed by atoms with Gasteiger partial charge in [-0.2, -0.15) is 0 Å². The highest BCUT2D eigenvalue weighted by atomic mass is 16.5. The minimum atomic E-state index is -1.16. The molecule has 3 aromatic rings. The number of carbonyl (C=O) groups excluding carboxylic acids is 3. The Hall–Kier alpha value is -6.45. The Labute approximate surface area is 353 Å². The van der Waals surface area contributed by atoms with Crippen LogP contribution in [0.4, 0.5) is 10.5 Å². The van der Waals surface area contributed by atoms with Crippen molar-refractivity contribution in [1.82, 2.24) is 25.0 Å². The number of urea groups is 1. The van der Waals surface area contributed by atoms with Crippen molar-refractivity contribution in [3.8, 4) is 28.2 Å². The highest BCUT2D eigenvalue weighted by Gasteiger charge is 2.40. The van der Waals surface area contributed by atoms with Crippen molar-refractivity contribution in [3.05, 3.63) is 101 Å². The fourth-order valence-electron chi connectivity index (χ4n) is 8.23. The first-order chi connectivity index (χ1) is 29.4. The SMILES string of the molecule is CN(C)c1ccc2c(-c3ccc(C(=O)NCCOc4ccccc4COCC4CN(C(=O)N5CC[C@@H]6OCC(=O)N[C@@H]6C5)C4)cc3C(=O)O)c3ccc(=[N+](C)C)cc-3oc2c1. The van der Waals surface area contributed by atoms with E-state index < -0.39 is 11.9 Å². The van der Waals surface area contributed by atoms with Crippen LogP contribution in [0.25, 0.3) is 33.4 Å². The topological polar surface area (TPSA) is 166 Å². The number of piperidine rings is 1. The van der Waals surface area contributed by atoms with E-state index in [1.54, 1.807) is 17.0 Å². The molecule has 3 aromatic carbocycles. The van der Waals surface area contributed by atoms with Crippen molar-refractivity contribution < 1.29 is 42.9 Å². The number of nitrogens with zero attached hydrogens (tertiary/aromatic N) is 4. The summed E-state index contributed by atoms with van der Waals surface area (Å²) in [7, 11) is 7.78. The molecule has 0 unspecified atom stereocenters. The number of likely N-dealkylation sites (tertiary alicyclic amines) is 2. The molecule has 4 amide bonds. The average Bonchev–Trinajstić information content (AvgIpc) is 3.24. The van der Waals surface area contributed by atoms with Crippen molar-refractivity contribution in [2.45, 2.75) is 25.2 Å². The van der Waals surface area contributed by atoms with Gasteiger partial charge in [0.2, 0.25) is 11.3 Å². The van der Waals surface area contributed by atoms with Gasteiger partial charge in [-0.1, -0.05) is 24.3 Å². The molecule has 0 bridgehead atoms. The second-order valence-corrected chi connectivity index (χ2v) is 16.2. The Balaban J connectivity index is 0.863. The van der Waals surface area contributed by atoms with Crippen LogP contribution in [0, 0.1) is 5.92 Å². The molecule has 15 heteroatoms. The van der Waals surface area contributed by atoms with E-state index in [1.165, 1.54) is 6.07 Å². The predicted molar refractivity (Wildman–Crippen MR) is 229 cm³/mol. The van der Waals surface area contributed by atoms with Crippen LogP contribution < -0.4 is 30.2 Å². The first-order valence-electron chi connectivity index (χ1n) is 20.5. The third-order valence-electron chi connectivity index (χ3n) is 11.6. The van der Waals surface area contributed by atoms with Gasteiger partial charge in [-0.25, -0.2) is 14.2 Å². The first kappa shape index (κ1) is 41.3. The lowest BCUT2D eigenvalue weighted by molar-refractivity contribution is -0.139. The maximum absolute atomic E-state index is 13.4. The van der Waals surface area contributed by atoms with E-state index in [0.29, 0.717) is 74.0 Å². The Kier molecular flexibility index (Phi) is 11.9. The monoisotopic (exact) mass is 831 g/mol. The summed E-state index contributed by atoms with van der Waals surface area (Å²) >= 11 is 0. The molecule has 2 atom stereocenters. The van der Waals surface area contributed by atoms with E-state index in [4.69, 9.17) is 18.6 Å². The number of hydrogen-bond donors (Lipinski definition) is 3. The number of hydrogen-bond acceptors (Lipinski definition) is 9. The number of para-hydroxylation sites is 1. The molecule has 3 N–H and O–H groups in total. The zero-order valence-electron chi connectivity index (χ0n) is 34.8. The van der Waals surface area contributed by atoms with Crippen LogP contribution in [-0.2, 0) is 20.9 Å². The summed E-state index contributed by atoms with van der Waals surface area (Å²) in [6.07, 6.45) is 0.658. The van der Waals surface area contributed by atoms with Gasteiger partial charge in [0, 0.05) is 91.7 Å². The molecule has 0 radical (unpaired) electrons. The zero-order valence-corrected chi connectivity index (χ0v) is 34.8. The number of benzene rings is 4. The molecule has 15 nitrogen and oxygen atoms in total. The summed E-state index contributed by atoms with van der Waals surface area (Å²) in [5.74, 6) is -0.275. The van der Waals surface area contributed by atoms with Crippen molar-refractivity contribution in [3.63, 3.8) is 0 Å². The average molecular weight is 832 g/mol. The maximum Gasteiger partial charge on any atom is 0.336 e. The fraction of sp³-hybridized carbons (Fsp3) is 0.370. The summed E-state index contributed by atoms with van der Waals surface area (Å²) in [6, 6.07) is 23.8. The van der Waals surface area contributed by atoms with Gasteiger partial charge < -0.3 is 49.1 Å². The van der Waals surface area contributed by atoms with Crippen molar-refractivity contribution >= 4 is 40.5 Å². The Morgan fingerprint density at radius 2 is 1.77 bits per heavy atom. The number of anilines is 1. The highest BCUT2D eigenvalue weighted by Crippen LogP contribution is 2.42. The molecule has 5 aliphatic rings. The van der Waals surface area contributed by atoms with E-state index >= 15 is 0 Å². The number of fused-ring (bicyclic) bond motifs is 3. The van der Waals surface area contributed by atoms with E-state index in [2.05, 4.69) is 10.6 Å². The molecule has 8 rings (SSSR count). The predicted octanol–water partition coefficient (Wildman–Crippen LogP) is 3.97. The van der Waals surface area contributed by atoms with Crippen LogP contribution in [0.1, 0.15) is 32.7 Å². The molecule has 3 fully saturated rings. The lowest BCUT2D eigenvalue weighted by Gasteiger charge is -2.46. The Bertz CT molecular complexity index is 2530. The van der Waals surface area contributed by atoms with Gasteiger partial charge in [0.1, 0.15) is 44.4 Å². The minimum absolute atomic E-state index is 0.00705. The van der Waals surface area contributed by atoms with E-state index in [9.17, 15) is 24.3 Å². The van der Waals surface area contributed by atoms with Crippen LogP contribution in [0.2, 0.25) is 0 Å². The molecule has 4 heterocycles. The van der Waals surface area contributed by atoms with Crippen LogP contribution in [0.15, 0.2) is 83.3 Å². The summed E-state index contributed by atoms with van der Waals surface area (Å²) < 4.78 is 26.1. The van der Waals surface area contributed by atoms with Crippen molar-refractivity contribution in [2.24, 2.45) is 5.92 Å². The summed E-state index contributed by atoms with van der Waals surface area (Å²) in [6.45, 7) is 3.50. The second kappa shape index (κ2) is 17.6. The first-order valence-corrected chi connectivity index (χ1v) is 20.5. The van der Waals surface area contributed by atoms with Crippen LogP contribution >= 0.6 is 0 Å². The van der Waals surface area contributed by atoms with Crippen molar-refractivity contribution in [2.75, 3.05) is 85.6 Å². The lowest BCUT2D eigenvalue weighted by atomic mass is 9.89. The highest BCUT2D eigenvalue weighted by molar-refractivity contribution is 6.09. The number of carbonyl (C=O) groups is 4. The number of ether oxygens (including phenoxy) is 3. The molecule has 0 spiro atoms. The molecule has 0 aromatic heterocycles. The fourth-order valence-corrected chi connectivity index (χ4v) is 8.23. The smallest absolute Gasteiger partial charge is 0.336 e. The maximum atomic E-state index is 13.4. The molecular weight excluding hydrogens is 781 g/mol. The standard InChI is InChI=1S/C46H50N6O9/c1-49(2)31-10-13-34-40(20-31)61-41-21-32(50(3)4)11-14-35(41)43(34)33-12-9-29(19-36(33)45(55)56)44(54)47-16-18-59-38-8-6-5-7-30(38)26-58-25-28-22-52(23-28)46(57)51-17-15-39-37(24-51)48-42(53)27-60-39/h5-14,19-21,28,37,39H,15-18,22-27H2,1-4H3,(H2-,47,48,53,54,55,56)/p+1/t37-,39+/m1/s1. The number of aromatic carboxylic acids is 1. The van der Waals surface area contributed by atoms with Gasteiger partial charge in [0.15, 0.2) is 0 Å². The van der Waals surface area contributed by atoms with Crippen LogP contribution in [0.5, 0.6) is 5.75 Å². The summed E-state index contributed by atoms with van der Waals surface area (Å²) in [5, 5.41) is 18.0. The normalized spacial score (nSPS) is 17.7. The third-order valence-corrected chi connectivity index (χ3v) is 11.6. The summed E-state index contributed by atoms with van der Waals surface area (Å²) in [5.41, 5.74) is 4.53. The van der Waals surface area contributed by atoms with E-state index in [1.807, 2.05) is 103 Å². The number of amides is 4. The zero-order chi connectivity index (χ0) is 42.8. The largest absolute Gasteiger partial charge is 0.491 e. The molecule has 1 aliphatic carbocycles. The van der Waals surface area contributed by atoms with Gasteiger partial charge in [-0.05, 0) is 48.4 Å². The molecule has 3 saturated heterocycles. The third kappa shape index (κ3) is 8.89. The molecular formula is C46H51N6O9+. The van der Waals surface area contributed by atoms with Crippen LogP contribution in [-0.4, -0.2) is 132 Å². The number of nitrogens with one attached hydrogen (secondary N) is 2. The number of morpholine rings is 1. The Morgan fingerprint density at radius 3 is 2.56 bits per heavy atom. The van der Waals surface area contributed by atoms with Gasteiger partial charge in [0.25, 0.3) is 5.91 Å². The minimum Gasteiger partial charge on any atom is -0.491 e. The number of carboxylic acid groups (broad SMARTS) is 1. The molecule has 318 valence electrons. The molecule has 0 saturated carbocycles. The molecule has 4 aliphatic heterocycles. The lowest BCUT2D eigenvalue weighted by Crippen LogP contribution is -2.64. The van der Waals surface area contributed by atoms with Gasteiger partial charge >= 0.3 is 12.0 Å². The number of rotatable bonds is 12. The van der Waals surface area contributed by atoms with E-state index in [-0.39, 0.29) is 60.9 Å². The van der Waals surface area contributed by atoms with Crippen LogP contribution in [0.3, 0.4) is 0 Å².